The Kier molecular flexibility index (Phi) is 5.76. The van der Waals surface area contributed by atoms with Crippen LogP contribution in [0.2, 0.25) is 0 Å². The number of hydrogen-bond donors (Lipinski definition) is 0. The van der Waals surface area contributed by atoms with Gasteiger partial charge >= 0.3 is 5.97 Å². The lowest BCUT2D eigenvalue weighted by molar-refractivity contribution is 0.0531. The van der Waals surface area contributed by atoms with Crippen LogP contribution < -0.4 is 14.5 Å². The fourth-order valence-electron chi connectivity index (χ4n) is 3.89. The number of aromatic nitrogens is 2. The first kappa shape index (κ1) is 20.4. The summed E-state index contributed by atoms with van der Waals surface area (Å²) < 4.78 is 10.8. The number of aryl methyl sites for hydroxylation is 2. The Morgan fingerprint density at radius 3 is 2.50 bits per heavy atom. The maximum atomic E-state index is 12.4. The predicted octanol–water partition coefficient (Wildman–Crippen LogP) is 3.82. The van der Waals surface area contributed by atoms with Gasteiger partial charge < -0.3 is 19.3 Å². The SMILES string of the molecule is CCOC(=O)c1sc2nc(C)nc(N3CCN(c4ccccc4OC)CC3)c2c1C. The molecule has 0 saturated carbocycles. The van der Waals surface area contributed by atoms with Gasteiger partial charge in [-0.15, -0.1) is 11.3 Å². The number of carbonyl (C=O) groups is 1. The summed E-state index contributed by atoms with van der Waals surface area (Å²) in [6.07, 6.45) is 0. The molecule has 30 heavy (non-hydrogen) atoms. The number of fused-ring (bicyclic) bond motifs is 1. The van der Waals surface area contributed by atoms with E-state index in [2.05, 4.69) is 20.9 Å². The molecule has 1 fully saturated rings. The van der Waals surface area contributed by atoms with Gasteiger partial charge in [-0.25, -0.2) is 14.8 Å². The Balaban J connectivity index is 1.63. The molecule has 3 aromatic rings. The summed E-state index contributed by atoms with van der Waals surface area (Å²) in [7, 11) is 1.70. The zero-order valence-electron chi connectivity index (χ0n) is 17.8. The van der Waals surface area contributed by atoms with Gasteiger partial charge in [-0.2, -0.15) is 0 Å². The first-order valence-electron chi connectivity index (χ1n) is 10.1. The van der Waals surface area contributed by atoms with Crippen molar-refractivity contribution >= 4 is 39.0 Å². The second kappa shape index (κ2) is 8.47. The standard InChI is InChI=1S/C22H26N4O3S/c1-5-29-22(27)19-14(2)18-20(23-15(3)24-21(18)30-19)26-12-10-25(11-13-26)16-8-6-7-9-17(16)28-4/h6-9H,5,10-13H2,1-4H3. The average Bonchev–Trinajstić information content (AvgIpc) is 3.09. The van der Waals surface area contributed by atoms with Crippen LogP contribution >= 0.6 is 11.3 Å². The molecule has 4 rings (SSSR count). The Morgan fingerprint density at radius 2 is 1.80 bits per heavy atom. The summed E-state index contributed by atoms with van der Waals surface area (Å²) in [5.41, 5.74) is 2.01. The number of carbonyl (C=O) groups excluding carboxylic acids is 1. The normalized spacial score (nSPS) is 14.3. The maximum absolute atomic E-state index is 12.4. The quantitative estimate of drug-likeness (QED) is 0.575. The smallest absolute Gasteiger partial charge is 0.348 e. The number of piperazine rings is 1. The highest BCUT2D eigenvalue weighted by Gasteiger charge is 2.26. The van der Waals surface area contributed by atoms with E-state index in [1.807, 2.05) is 39.0 Å². The van der Waals surface area contributed by atoms with Crippen molar-refractivity contribution in [3.8, 4) is 5.75 Å². The lowest BCUT2D eigenvalue weighted by Crippen LogP contribution is -2.47. The van der Waals surface area contributed by atoms with Gasteiger partial charge in [0.15, 0.2) is 0 Å². The average molecular weight is 427 g/mol. The van der Waals surface area contributed by atoms with E-state index in [0.717, 1.165) is 59.2 Å². The molecular weight excluding hydrogens is 400 g/mol. The minimum Gasteiger partial charge on any atom is -0.495 e. The molecule has 0 aliphatic carbocycles. The predicted molar refractivity (Wildman–Crippen MR) is 120 cm³/mol. The number of anilines is 2. The highest BCUT2D eigenvalue weighted by atomic mass is 32.1. The molecule has 0 atom stereocenters. The molecule has 2 aromatic heterocycles. The van der Waals surface area contributed by atoms with E-state index < -0.39 is 0 Å². The number of thiophene rings is 1. The topological polar surface area (TPSA) is 67.8 Å². The van der Waals surface area contributed by atoms with E-state index >= 15 is 0 Å². The van der Waals surface area contributed by atoms with Crippen molar-refractivity contribution in [1.29, 1.82) is 0 Å². The minimum absolute atomic E-state index is 0.289. The van der Waals surface area contributed by atoms with E-state index in [9.17, 15) is 4.79 Å². The van der Waals surface area contributed by atoms with Gasteiger partial charge in [-0.1, -0.05) is 12.1 Å². The molecule has 1 aliphatic heterocycles. The van der Waals surface area contributed by atoms with E-state index in [1.54, 1.807) is 7.11 Å². The zero-order chi connectivity index (χ0) is 21.3. The molecule has 0 unspecified atom stereocenters. The number of nitrogens with zero attached hydrogens (tertiary/aromatic N) is 4. The third-order valence-corrected chi connectivity index (χ3v) is 6.51. The van der Waals surface area contributed by atoms with Gasteiger partial charge in [0.25, 0.3) is 0 Å². The summed E-state index contributed by atoms with van der Waals surface area (Å²) in [5, 5.41) is 0.958. The van der Waals surface area contributed by atoms with Crippen LogP contribution in [0.4, 0.5) is 11.5 Å². The van der Waals surface area contributed by atoms with Crippen molar-refractivity contribution in [2.75, 3.05) is 49.7 Å². The summed E-state index contributed by atoms with van der Waals surface area (Å²) in [5.74, 6) is 2.21. The van der Waals surface area contributed by atoms with Crippen LogP contribution in [0.1, 0.15) is 28.0 Å². The molecule has 1 aromatic carbocycles. The lowest BCUT2D eigenvalue weighted by atomic mass is 10.1. The first-order valence-corrected chi connectivity index (χ1v) is 10.9. The first-order chi connectivity index (χ1) is 14.5. The van der Waals surface area contributed by atoms with Crippen LogP contribution in [0.5, 0.6) is 5.75 Å². The number of ether oxygens (including phenoxy) is 2. The molecule has 0 amide bonds. The summed E-state index contributed by atoms with van der Waals surface area (Å²) >= 11 is 1.39. The van der Waals surface area contributed by atoms with E-state index in [1.165, 1.54) is 11.3 Å². The summed E-state index contributed by atoms with van der Waals surface area (Å²) in [4.78, 5) is 27.8. The lowest BCUT2D eigenvalue weighted by Gasteiger charge is -2.37. The zero-order valence-corrected chi connectivity index (χ0v) is 18.6. The van der Waals surface area contributed by atoms with Crippen molar-refractivity contribution in [1.82, 2.24) is 9.97 Å². The monoisotopic (exact) mass is 426 g/mol. The fraction of sp³-hybridized carbons (Fsp3) is 0.409. The van der Waals surface area contributed by atoms with Gasteiger partial charge in [0.2, 0.25) is 0 Å². The molecule has 8 heteroatoms. The Bertz CT molecular complexity index is 1070. The largest absolute Gasteiger partial charge is 0.495 e. The van der Waals surface area contributed by atoms with Crippen LogP contribution in [0, 0.1) is 13.8 Å². The number of methoxy groups -OCH3 is 1. The third-order valence-electron chi connectivity index (χ3n) is 5.35. The second-order valence-electron chi connectivity index (χ2n) is 7.20. The third kappa shape index (κ3) is 3.67. The van der Waals surface area contributed by atoms with E-state index in [-0.39, 0.29) is 5.97 Å². The van der Waals surface area contributed by atoms with Gasteiger partial charge in [0.1, 0.15) is 27.1 Å². The molecule has 7 nitrogen and oxygen atoms in total. The molecule has 158 valence electrons. The van der Waals surface area contributed by atoms with Crippen LogP contribution in [0.3, 0.4) is 0 Å². The maximum Gasteiger partial charge on any atom is 0.348 e. The summed E-state index contributed by atoms with van der Waals surface area (Å²) in [6.45, 7) is 9.40. The molecule has 3 heterocycles. The van der Waals surface area contributed by atoms with E-state index in [4.69, 9.17) is 14.5 Å². The molecule has 0 spiro atoms. The Morgan fingerprint density at radius 1 is 1.10 bits per heavy atom. The highest BCUT2D eigenvalue weighted by Crippen LogP contribution is 2.37. The van der Waals surface area contributed by atoms with Gasteiger partial charge in [0.05, 0.1) is 24.8 Å². The Hall–Kier alpha value is -2.87. The molecule has 0 radical (unpaired) electrons. The van der Waals surface area contributed by atoms with Gasteiger partial charge in [-0.3, -0.25) is 0 Å². The van der Waals surface area contributed by atoms with Crippen LogP contribution in [0.15, 0.2) is 24.3 Å². The number of rotatable bonds is 5. The molecule has 1 saturated heterocycles. The highest BCUT2D eigenvalue weighted by molar-refractivity contribution is 7.20. The van der Waals surface area contributed by atoms with Crippen molar-refractivity contribution in [2.24, 2.45) is 0 Å². The molecule has 0 N–H and O–H groups in total. The van der Waals surface area contributed by atoms with Crippen molar-refractivity contribution in [2.45, 2.75) is 20.8 Å². The van der Waals surface area contributed by atoms with Crippen LogP contribution in [-0.4, -0.2) is 55.8 Å². The molecule has 1 aliphatic rings. The molecular formula is C22H26N4O3S. The number of benzene rings is 1. The van der Waals surface area contributed by atoms with Gasteiger partial charge in [0, 0.05) is 26.2 Å². The van der Waals surface area contributed by atoms with Crippen molar-refractivity contribution in [3.63, 3.8) is 0 Å². The van der Waals surface area contributed by atoms with Crippen LogP contribution in [0.25, 0.3) is 10.2 Å². The molecule has 0 bridgehead atoms. The number of hydrogen-bond acceptors (Lipinski definition) is 8. The summed E-state index contributed by atoms with van der Waals surface area (Å²) in [6, 6.07) is 8.10. The Labute approximate surface area is 180 Å². The van der Waals surface area contributed by atoms with Crippen molar-refractivity contribution in [3.05, 3.63) is 40.5 Å². The van der Waals surface area contributed by atoms with Gasteiger partial charge in [-0.05, 0) is 38.5 Å². The van der Waals surface area contributed by atoms with Crippen molar-refractivity contribution < 1.29 is 14.3 Å². The fourth-order valence-corrected chi connectivity index (χ4v) is 5.01. The minimum atomic E-state index is -0.289. The van der Waals surface area contributed by atoms with E-state index in [0.29, 0.717) is 17.3 Å². The van der Waals surface area contributed by atoms with Crippen LogP contribution in [-0.2, 0) is 4.74 Å². The number of esters is 1. The second-order valence-corrected chi connectivity index (χ2v) is 8.20. The number of para-hydroxylation sites is 2.